The summed E-state index contributed by atoms with van der Waals surface area (Å²) >= 11 is 0. The van der Waals surface area contributed by atoms with Gasteiger partial charge in [-0.2, -0.15) is 9.97 Å². The van der Waals surface area contributed by atoms with Crippen LogP contribution in [-0.4, -0.2) is 56.4 Å². The van der Waals surface area contributed by atoms with Crippen LogP contribution < -0.4 is 15.4 Å². The van der Waals surface area contributed by atoms with Gasteiger partial charge in [0.15, 0.2) is 6.10 Å². The van der Waals surface area contributed by atoms with Crippen LogP contribution in [0.2, 0.25) is 0 Å². The number of hydrogen-bond acceptors (Lipinski definition) is 10. The molecule has 2 atom stereocenters. The van der Waals surface area contributed by atoms with Gasteiger partial charge in [0.25, 0.3) is 11.8 Å². The molecule has 1 unspecified atom stereocenters. The molecule has 2 aromatic carbocycles. The van der Waals surface area contributed by atoms with Crippen molar-refractivity contribution in [1.82, 2.24) is 30.9 Å². The zero-order chi connectivity index (χ0) is 29.5. The minimum Gasteiger partial charge on any atom is -0.481 e. The number of carboxylic acid groups (broad SMARTS) is 1. The molecule has 0 radical (unpaired) electrons. The number of aliphatic carboxylic acids is 1. The average molecular weight is 567 g/mol. The molecule has 13 heteroatoms. The number of benzene rings is 2. The summed E-state index contributed by atoms with van der Waals surface area (Å²) in [5.41, 5.74) is 0.942. The van der Waals surface area contributed by atoms with E-state index in [0.29, 0.717) is 29.4 Å². The second kappa shape index (κ2) is 13.1. The number of halogens is 1. The quantitative estimate of drug-likeness (QED) is 0.210. The fourth-order valence-corrected chi connectivity index (χ4v) is 3.81. The van der Waals surface area contributed by atoms with Crippen molar-refractivity contribution in [2.45, 2.75) is 52.2 Å². The van der Waals surface area contributed by atoms with E-state index in [1.54, 1.807) is 19.1 Å². The Bertz CT molecular complexity index is 1490. The molecule has 0 saturated carbocycles. The van der Waals surface area contributed by atoms with Crippen molar-refractivity contribution in [2.75, 3.05) is 13.1 Å². The zero-order valence-electron chi connectivity index (χ0n) is 23.1. The van der Waals surface area contributed by atoms with Crippen molar-refractivity contribution in [3.8, 4) is 28.5 Å². The number of carbonyl (C=O) groups excluding carboxylic acids is 1. The number of nitrogens with one attached hydrogen (secondary N) is 2. The first-order chi connectivity index (χ1) is 19.6. The van der Waals surface area contributed by atoms with E-state index in [4.69, 9.17) is 18.9 Å². The molecule has 0 aliphatic rings. The van der Waals surface area contributed by atoms with E-state index >= 15 is 0 Å². The SMILES string of the molecule is CCC(Oc1ccc(-c2noc(C(C)C)n2)cc1)c1nc(-c2ccc(C(=O)N[C@@H](C)CNCC(=O)O)c(F)c2)no1. The predicted octanol–water partition coefficient (Wildman–Crippen LogP) is 4.37. The van der Waals surface area contributed by atoms with Crippen LogP contribution in [0.4, 0.5) is 4.39 Å². The van der Waals surface area contributed by atoms with E-state index in [0.717, 1.165) is 11.6 Å². The van der Waals surface area contributed by atoms with Crippen LogP contribution in [0, 0.1) is 5.82 Å². The van der Waals surface area contributed by atoms with E-state index in [2.05, 4.69) is 30.9 Å². The molecule has 41 heavy (non-hydrogen) atoms. The van der Waals surface area contributed by atoms with Crippen molar-refractivity contribution >= 4 is 11.9 Å². The van der Waals surface area contributed by atoms with Gasteiger partial charge in [-0.1, -0.05) is 37.2 Å². The number of ether oxygens (including phenoxy) is 1. The van der Waals surface area contributed by atoms with Gasteiger partial charge in [0.2, 0.25) is 17.5 Å². The Balaban J connectivity index is 1.39. The van der Waals surface area contributed by atoms with Crippen LogP contribution in [-0.2, 0) is 4.79 Å². The maximum absolute atomic E-state index is 14.8. The zero-order valence-corrected chi connectivity index (χ0v) is 23.1. The Morgan fingerprint density at radius 2 is 1.61 bits per heavy atom. The highest BCUT2D eigenvalue weighted by Gasteiger charge is 2.22. The fourth-order valence-electron chi connectivity index (χ4n) is 3.81. The minimum absolute atomic E-state index is 0.132. The Labute approximate surface area is 235 Å². The normalized spacial score (nSPS) is 12.7. The lowest BCUT2D eigenvalue weighted by Gasteiger charge is -2.14. The van der Waals surface area contributed by atoms with Crippen molar-refractivity contribution in [2.24, 2.45) is 0 Å². The lowest BCUT2D eigenvalue weighted by Crippen LogP contribution is -2.41. The fraction of sp³-hybridized carbons (Fsp3) is 0.357. The molecule has 2 aromatic heterocycles. The highest BCUT2D eigenvalue weighted by molar-refractivity contribution is 5.95. The summed E-state index contributed by atoms with van der Waals surface area (Å²) in [5.74, 6) is -0.277. The van der Waals surface area contributed by atoms with E-state index in [9.17, 15) is 14.0 Å². The van der Waals surface area contributed by atoms with Gasteiger partial charge in [-0.3, -0.25) is 9.59 Å². The summed E-state index contributed by atoms with van der Waals surface area (Å²) in [7, 11) is 0. The Hall–Kier alpha value is -4.65. The number of amides is 1. The maximum atomic E-state index is 14.8. The summed E-state index contributed by atoms with van der Waals surface area (Å²) in [6.07, 6.45) is -0.0233. The van der Waals surface area contributed by atoms with Crippen molar-refractivity contribution in [1.29, 1.82) is 0 Å². The maximum Gasteiger partial charge on any atom is 0.317 e. The second-order valence-electron chi connectivity index (χ2n) is 9.70. The van der Waals surface area contributed by atoms with E-state index in [1.165, 1.54) is 12.1 Å². The molecule has 2 heterocycles. The molecule has 12 nitrogen and oxygen atoms in total. The van der Waals surface area contributed by atoms with Crippen LogP contribution in [0.15, 0.2) is 51.5 Å². The number of rotatable bonds is 13. The number of hydrogen-bond donors (Lipinski definition) is 3. The Morgan fingerprint density at radius 1 is 0.976 bits per heavy atom. The Morgan fingerprint density at radius 3 is 2.22 bits per heavy atom. The summed E-state index contributed by atoms with van der Waals surface area (Å²) in [4.78, 5) is 31.9. The molecule has 0 aliphatic carbocycles. The average Bonchev–Trinajstić information content (AvgIpc) is 3.63. The Kier molecular flexibility index (Phi) is 9.40. The third-order valence-corrected chi connectivity index (χ3v) is 5.99. The smallest absolute Gasteiger partial charge is 0.317 e. The lowest BCUT2D eigenvalue weighted by atomic mass is 10.1. The monoisotopic (exact) mass is 566 g/mol. The van der Waals surface area contributed by atoms with Crippen LogP contribution >= 0.6 is 0 Å². The van der Waals surface area contributed by atoms with E-state index in [-0.39, 0.29) is 36.3 Å². The summed E-state index contributed by atoms with van der Waals surface area (Å²) < 4.78 is 31.6. The van der Waals surface area contributed by atoms with Crippen molar-refractivity contribution < 1.29 is 32.9 Å². The van der Waals surface area contributed by atoms with Gasteiger partial charge >= 0.3 is 5.97 Å². The van der Waals surface area contributed by atoms with E-state index in [1.807, 2.05) is 32.9 Å². The summed E-state index contributed by atoms with van der Waals surface area (Å²) in [6, 6.07) is 10.8. The molecule has 0 saturated heterocycles. The third-order valence-electron chi connectivity index (χ3n) is 5.99. The predicted molar refractivity (Wildman–Crippen MR) is 145 cm³/mol. The molecule has 1 amide bonds. The van der Waals surface area contributed by atoms with Gasteiger partial charge in [-0.05, 0) is 49.7 Å². The van der Waals surface area contributed by atoms with Crippen molar-refractivity contribution in [3.05, 3.63) is 65.6 Å². The van der Waals surface area contributed by atoms with Gasteiger partial charge in [0, 0.05) is 29.6 Å². The molecule has 0 aliphatic heterocycles. The highest BCUT2D eigenvalue weighted by atomic mass is 19.1. The van der Waals surface area contributed by atoms with Gasteiger partial charge < -0.3 is 29.5 Å². The first kappa shape index (κ1) is 29.3. The topological polar surface area (TPSA) is 166 Å². The molecule has 3 N–H and O–H groups in total. The van der Waals surface area contributed by atoms with Gasteiger partial charge in [-0.15, -0.1) is 0 Å². The first-order valence-electron chi connectivity index (χ1n) is 13.1. The molecular weight excluding hydrogens is 535 g/mol. The molecule has 0 spiro atoms. The second-order valence-corrected chi connectivity index (χ2v) is 9.70. The summed E-state index contributed by atoms with van der Waals surface area (Å²) in [6.45, 7) is 7.50. The van der Waals surface area contributed by atoms with Crippen LogP contribution in [0.3, 0.4) is 0 Å². The van der Waals surface area contributed by atoms with Crippen LogP contribution in [0.25, 0.3) is 22.8 Å². The minimum atomic E-state index is -1.01. The van der Waals surface area contributed by atoms with Gasteiger partial charge in [0.1, 0.15) is 11.6 Å². The largest absolute Gasteiger partial charge is 0.481 e. The molecule has 0 fully saturated rings. The lowest BCUT2D eigenvalue weighted by molar-refractivity contribution is -0.135. The molecule has 0 bridgehead atoms. The molecule has 4 rings (SSSR count). The van der Waals surface area contributed by atoms with Crippen LogP contribution in [0.1, 0.15) is 68.3 Å². The van der Waals surface area contributed by atoms with Gasteiger partial charge in [-0.25, -0.2) is 4.39 Å². The molecule has 4 aromatic rings. The third kappa shape index (κ3) is 7.51. The van der Waals surface area contributed by atoms with Gasteiger partial charge in [0.05, 0.1) is 12.1 Å². The van der Waals surface area contributed by atoms with E-state index < -0.39 is 29.8 Å². The number of aromatic nitrogens is 4. The first-order valence-corrected chi connectivity index (χ1v) is 13.1. The molecule has 216 valence electrons. The van der Waals surface area contributed by atoms with Crippen LogP contribution in [0.5, 0.6) is 5.75 Å². The number of carbonyl (C=O) groups is 2. The number of nitrogens with zero attached hydrogens (tertiary/aromatic N) is 4. The highest BCUT2D eigenvalue weighted by Crippen LogP contribution is 2.28. The van der Waals surface area contributed by atoms with Crippen molar-refractivity contribution in [3.63, 3.8) is 0 Å². The number of carboxylic acids is 1. The summed E-state index contributed by atoms with van der Waals surface area (Å²) in [5, 5.41) is 22.0. The molecular formula is C28H31FN6O6. The standard InChI is InChI=1S/C28H31FN6O6/c1-5-22(39-19-9-6-17(7-10-19)24-32-27(15(2)3)40-34-24)28-33-25(35-41-28)18-8-11-20(21(29)12-18)26(38)31-16(4)13-30-14-23(36)37/h6-12,15-16,22,30H,5,13-14H2,1-4H3,(H,31,38)(H,36,37)/t16-,22?/m0/s1.